The largest absolute Gasteiger partial charge is 0.450 e. The highest BCUT2D eigenvalue weighted by Crippen LogP contribution is 2.31. The first-order chi connectivity index (χ1) is 11.6. The van der Waals surface area contributed by atoms with E-state index in [1.807, 2.05) is 23.1 Å². The zero-order chi connectivity index (χ0) is 17.1. The number of likely N-dealkylation sites (tertiary alicyclic amines) is 1. The van der Waals surface area contributed by atoms with Crippen molar-refractivity contribution in [2.45, 2.75) is 45.2 Å². The van der Waals surface area contributed by atoms with Crippen molar-refractivity contribution < 1.29 is 14.3 Å². The Morgan fingerprint density at radius 2 is 1.96 bits per heavy atom. The summed E-state index contributed by atoms with van der Waals surface area (Å²) in [5.74, 6) is 0. The summed E-state index contributed by atoms with van der Waals surface area (Å²) >= 11 is 0. The number of rotatable bonds is 2. The zero-order valence-corrected chi connectivity index (χ0v) is 14.3. The zero-order valence-electron chi connectivity index (χ0n) is 14.3. The van der Waals surface area contributed by atoms with Crippen LogP contribution in [0.5, 0.6) is 0 Å². The summed E-state index contributed by atoms with van der Waals surface area (Å²) in [5.41, 5.74) is 2.23. The van der Waals surface area contributed by atoms with Gasteiger partial charge in [-0.1, -0.05) is 18.2 Å². The van der Waals surface area contributed by atoms with Gasteiger partial charge in [0.15, 0.2) is 0 Å². The molecule has 1 fully saturated rings. The lowest BCUT2D eigenvalue weighted by molar-refractivity contribution is 0.0958. The number of amides is 3. The van der Waals surface area contributed by atoms with Gasteiger partial charge in [-0.25, -0.2) is 9.59 Å². The predicted octanol–water partition coefficient (Wildman–Crippen LogP) is 2.77. The molecule has 1 N–H and O–H groups in total. The monoisotopic (exact) mass is 331 g/mol. The summed E-state index contributed by atoms with van der Waals surface area (Å²) < 4.78 is 5.02. The minimum Gasteiger partial charge on any atom is -0.450 e. The topological polar surface area (TPSA) is 61.9 Å². The summed E-state index contributed by atoms with van der Waals surface area (Å²) in [6.07, 6.45) is 2.15. The average Bonchev–Trinajstić information content (AvgIpc) is 2.91. The molecule has 3 rings (SSSR count). The van der Waals surface area contributed by atoms with Crippen LogP contribution in [0.15, 0.2) is 24.3 Å². The van der Waals surface area contributed by atoms with Crippen molar-refractivity contribution in [1.29, 1.82) is 0 Å². The van der Waals surface area contributed by atoms with Gasteiger partial charge < -0.3 is 15.0 Å². The third kappa shape index (κ3) is 3.32. The first kappa shape index (κ1) is 16.6. The lowest BCUT2D eigenvalue weighted by atomic mass is 10.1. The number of anilines is 1. The first-order valence-corrected chi connectivity index (χ1v) is 8.69. The molecule has 0 aromatic heterocycles. The highest BCUT2D eigenvalue weighted by Gasteiger charge is 2.32. The van der Waals surface area contributed by atoms with Crippen LogP contribution in [-0.4, -0.2) is 48.8 Å². The van der Waals surface area contributed by atoms with Crippen LogP contribution in [-0.2, 0) is 11.2 Å². The Kier molecular flexibility index (Phi) is 4.92. The van der Waals surface area contributed by atoms with Crippen molar-refractivity contribution in [2.24, 2.45) is 0 Å². The number of piperidine rings is 1. The molecule has 0 bridgehead atoms. The molecular weight excluding hydrogens is 306 g/mol. The maximum atomic E-state index is 12.7. The molecular formula is C18H25N3O3. The van der Waals surface area contributed by atoms with E-state index in [9.17, 15) is 9.59 Å². The molecule has 6 nitrogen and oxygen atoms in total. The number of benzene rings is 1. The van der Waals surface area contributed by atoms with Crippen molar-refractivity contribution in [3.8, 4) is 0 Å². The third-order valence-electron chi connectivity index (χ3n) is 4.77. The van der Waals surface area contributed by atoms with Crippen LogP contribution in [0.1, 0.15) is 32.3 Å². The van der Waals surface area contributed by atoms with E-state index < -0.39 is 0 Å². The van der Waals surface area contributed by atoms with E-state index in [1.165, 1.54) is 5.56 Å². The highest BCUT2D eigenvalue weighted by molar-refractivity contribution is 5.95. The van der Waals surface area contributed by atoms with Gasteiger partial charge in [0.25, 0.3) is 0 Å². The molecule has 1 unspecified atom stereocenters. The van der Waals surface area contributed by atoms with Crippen LogP contribution >= 0.6 is 0 Å². The molecule has 1 saturated heterocycles. The van der Waals surface area contributed by atoms with Crippen LogP contribution in [0, 0.1) is 0 Å². The van der Waals surface area contributed by atoms with Crippen molar-refractivity contribution in [3.05, 3.63) is 29.8 Å². The minimum absolute atomic E-state index is 0.0398. The van der Waals surface area contributed by atoms with E-state index in [2.05, 4.69) is 18.3 Å². The summed E-state index contributed by atoms with van der Waals surface area (Å²) in [5, 5.41) is 3.13. The summed E-state index contributed by atoms with van der Waals surface area (Å²) in [6, 6.07) is 8.29. The first-order valence-electron chi connectivity index (χ1n) is 8.69. The van der Waals surface area contributed by atoms with E-state index >= 15 is 0 Å². The van der Waals surface area contributed by atoms with E-state index in [1.54, 1.807) is 11.8 Å². The van der Waals surface area contributed by atoms with Gasteiger partial charge in [-0.05, 0) is 44.7 Å². The molecule has 1 atom stereocenters. The smallest absolute Gasteiger partial charge is 0.409 e. The highest BCUT2D eigenvalue weighted by atomic mass is 16.6. The Bertz CT molecular complexity index is 611. The number of hydrogen-bond acceptors (Lipinski definition) is 3. The van der Waals surface area contributed by atoms with Gasteiger partial charge >= 0.3 is 12.1 Å². The van der Waals surface area contributed by atoms with Crippen molar-refractivity contribution >= 4 is 17.8 Å². The number of hydrogen-bond donors (Lipinski definition) is 1. The lowest BCUT2D eigenvalue weighted by Crippen LogP contribution is -2.51. The second-order valence-electron chi connectivity index (χ2n) is 6.46. The van der Waals surface area contributed by atoms with E-state index in [-0.39, 0.29) is 24.2 Å². The molecule has 24 heavy (non-hydrogen) atoms. The fourth-order valence-corrected chi connectivity index (χ4v) is 3.54. The SMILES string of the molecule is CCOC(=O)N1CCC(NC(=O)N2c3ccccc3CC2C)CC1. The van der Waals surface area contributed by atoms with Crippen molar-refractivity contribution in [2.75, 3.05) is 24.6 Å². The Hall–Kier alpha value is -2.24. The second kappa shape index (κ2) is 7.11. The molecule has 0 spiro atoms. The Balaban J connectivity index is 1.56. The number of nitrogens with zero attached hydrogens (tertiary/aromatic N) is 2. The minimum atomic E-state index is -0.260. The van der Waals surface area contributed by atoms with Crippen molar-refractivity contribution in [1.82, 2.24) is 10.2 Å². The van der Waals surface area contributed by atoms with Gasteiger partial charge in [-0.2, -0.15) is 0 Å². The molecule has 3 amide bonds. The molecule has 2 heterocycles. The maximum absolute atomic E-state index is 12.7. The fraction of sp³-hybridized carbons (Fsp3) is 0.556. The molecule has 2 aliphatic heterocycles. The summed E-state index contributed by atoms with van der Waals surface area (Å²) in [4.78, 5) is 28.0. The van der Waals surface area contributed by atoms with Gasteiger partial charge in [0.05, 0.1) is 6.61 Å². The number of fused-ring (bicyclic) bond motifs is 1. The standard InChI is InChI=1S/C18H25N3O3/c1-3-24-18(23)20-10-8-15(9-11-20)19-17(22)21-13(2)12-14-6-4-5-7-16(14)21/h4-7,13,15H,3,8-12H2,1-2H3,(H,19,22). The molecule has 0 saturated carbocycles. The summed E-state index contributed by atoms with van der Waals surface area (Å²) in [6.45, 7) is 5.51. The molecule has 6 heteroatoms. The van der Waals surface area contributed by atoms with E-state index in [0.717, 1.165) is 24.9 Å². The molecule has 2 aliphatic rings. The summed E-state index contributed by atoms with van der Waals surface area (Å²) in [7, 11) is 0. The van der Waals surface area contributed by atoms with E-state index in [0.29, 0.717) is 19.7 Å². The number of carbonyl (C=O) groups excluding carboxylic acids is 2. The normalized spacial score (nSPS) is 20.7. The quantitative estimate of drug-likeness (QED) is 0.906. The number of urea groups is 1. The van der Waals surface area contributed by atoms with Crippen LogP contribution in [0.3, 0.4) is 0 Å². The lowest BCUT2D eigenvalue weighted by Gasteiger charge is -2.33. The molecule has 0 aliphatic carbocycles. The number of ether oxygens (including phenoxy) is 1. The second-order valence-corrected chi connectivity index (χ2v) is 6.46. The van der Waals surface area contributed by atoms with Gasteiger partial charge in [0, 0.05) is 30.9 Å². The molecule has 0 radical (unpaired) electrons. The molecule has 1 aromatic carbocycles. The Morgan fingerprint density at radius 1 is 1.25 bits per heavy atom. The van der Waals surface area contributed by atoms with Crippen LogP contribution in [0.2, 0.25) is 0 Å². The molecule has 130 valence electrons. The average molecular weight is 331 g/mol. The predicted molar refractivity (Wildman–Crippen MR) is 92.2 cm³/mol. The van der Waals surface area contributed by atoms with Gasteiger partial charge in [-0.3, -0.25) is 4.90 Å². The number of carbonyl (C=O) groups is 2. The van der Waals surface area contributed by atoms with Gasteiger partial charge in [0.2, 0.25) is 0 Å². The Morgan fingerprint density at radius 3 is 2.67 bits per heavy atom. The fourth-order valence-electron chi connectivity index (χ4n) is 3.54. The van der Waals surface area contributed by atoms with Crippen LogP contribution in [0.4, 0.5) is 15.3 Å². The van der Waals surface area contributed by atoms with Gasteiger partial charge in [-0.15, -0.1) is 0 Å². The van der Waals surface area contributed by atoms with Gasteiger partial charge in [0.1, 0.15) is 0 Å². The van der Waals surface area contributed by atoms with Crippen LogP contribution < -0.4 is 10.2 Å². The van der Waals surface area contributed by atoms with E-state index in [4.69, 9.17) is 4.74 Å². The van der Waals surface area contributed by atoms with Crippen LogP contribution in [0.25, 0.3) is 0 Å². The maximum Gasteiger partial charge on any atom is 0.409 e. The Labute approximate surface area is 142 Å². The van der Waals surface area contributed by atoms with Crippen molar-refractivity contribution in [3.63, 3.8) is 0 Å². The number of para-hydroxylation sites is 1. The molecule has 1 aromatic rings. The third-order valence-corrected chi connectivity index (χ3v) is 4.77. The number of nitrogens with one attached hydrogen (secondary N) is 1.